The van der Waals surface area contributed by atoms with E-state index in [9.17, 15) is 22.8 Å². The van der Waals surface area contributed by atoms with Gasteiger partial charge in [0.05, 0.1) is 17.8 Å². The van der Waals surface area contributed by atoms with Gasteiger partial charge < -0.3 is 13.7 Å². The minimum absolute atomic E-state index is 0.0669. The van der Waals surface area contributed by atoms with Gasteiger partial charge in [-0.1, -0.05) is 59.6 Å². The summed E-state index contributed by atoms with van der Waals surface area (Å²) in [7, 11) is -2.98. The van der Waals surface area contributed by atoms with Crippen LogP contribution in [-0.4, -0.2) is 33.4 Å². The van der Waals surface area contributed by atoms with Crippen molar-refractivity contribution in [3.05, 3.63) is 118 Å². The Kier molecular flexibility index (Phi) is 8.70. The fourth-order valence-electron chi connectivity index (χ4n) is 4.26. The number of methoxy groups -OCH3 is 1. The molecule has 0 aromatic heterocycles. The summed E-state index contributed by atoms with van der Waals surface area (Å²) < 4.78 is 42.1. The molecule has 0 bridgehead atoms. The average molecular weight is 633 g/mol. The molecule has 0 spiro atoms. The highest BCUT2D eigenvalue weighted by Gasteiger charge is 2.37. The number of anilines is 1. The van der Waals surface area contributed by atoms with Crippen molar-refractivity contribution in [1.82, 2.24) is 5.32 Å². The lowest BCUT2D eigenvalue weighted by Gasteiger charge is -2.26. The van der Waals surface area contributed by atoms with Gasteiger partial charge in [-0.3, -0.25) is 14.9 Å². The largest absolute Gasteiger partial charge is 0.493 e. The molecular weight excluding hydrogens is 608 g/mol. The summed E-state index contributed by atoms with van der Waals surface area (Å²) >= 11 is 6.39. The van der Waals surface area contributed by atoms with Gasteiger partial charge in [-0.2, -0.15) is 8.42 Å². The topological polar surface area (TPSA) is 128 Å². The predicted molar refractivity (Wildman–Crippen MR) is 163 cm³/mol. The molecule has 0 atom stereocenters. The number of carbonyl (C=O) groups is 3. The highest BCUT2D eigenvalue weighted by atomic mass is 35.5. The van der Waals surface area contributed by atoms with Crippen molar-refractivity contribution in [3.63, 3.8) is 0 Å². The van der Waals surface area contributed by atoms with Crippen LogP contribution in [0.2, 0.25) is 5.02 Å². The number of benzene rings is 4. The molecule has 0 unspecified atom stereocenters. The number of carbonyl (C=O) groups excluding carboxylic acids is 3. The van der Waals surface area contributed by atoms with Gasteiger partial charge in [0.15, 0.2) is 5.75 Å². The number of barbiturate groups is 1. The SMILES string of the molecule is COc1cc(/C=C2\C(=O)NC(=O)N(c3ccc(OCc4ccccc4)cc3)C2=O)cc(Cl)c1OS(=O)(=O)c1ccc(C)cc1. The fraction of sp³-hybridized carbons (Fsp3) is 0.0938. The van der Waals surface area contributed by atoms with E-state index in [0.717, 1.165) is 16.0 Å². The predicted octanol–water partition coefficient (Wildman–Crippen LogP) is 5.67. The van der Waals surface area contributed by atoms with Crippen molar-refractivity contribution < 1.29 is 36.5 Å². The summed E-state index contributed by atoms with van der Waals surface area (Å²) in [4.78, 5) is 39.5. The second-order valence-electron chi connectivity index (χ2n) is 9.61. The van der Waals surface area contributed by atoms with Crippen molar-refractivity contribution in [2.75, 3.05) is 12.0 Å². The van der Waals surface area contributed by atoms with Crippen LogP contribution in [0.15, 0.2) is 101 Å². The summed E-state index contributed by atoms with van der Waals surface area (Å²) in [5.74, 6) is -1.63. The molecule has 0 aliphatic carbocycles. The molecule has 1 fully saturated rings. The maximum atomic E-state index is 13.4. The molecule has 1 N–H and O–H groups in total. The zero-order chi connectivity index (χ0) is 31.4. The molecule has 1 saturated heterocycles. The van der Waals surface area contributed by atoms with E-state index in [4.69, 9.17) is 25.3 Å². The first-order valence-electron chi connectivity index (χ1n) is 13.1. The molecule has 4 amide bonds. The Morgan fingerprint density at radius 3 is 2.25 bits per heavy atom. The maximum Gasteiger partial charge on any atom is 0.339 e. The monoisotopic (exact) mass is 632 g/mol. The van der Waals surface area contributed by atoms with Gasteiger partial charge in [-0.05, 0) is 72.7 Å². The van der Waals surface area contributed by atoms with E-state index in [2.05, 4.69) is 5.32 Å². The summed E-state index contributed by atoms with van der Waals surface area (Å²) in [6.45, 7) is 2.15. The molecule has 0 radical (unpaired) electrons. The molecule has 10 nitrogen and oxygen atoms in total. The number of rotatable bonds is 9. The Balaban J connectivity index is 1.38. The summed E-state index contributed by atoms with van der Waals surface area (Å²) in [5.41, 5.74) is 1.89. The van der Waals surface area contributed by atoms with Gasteiger partial charge in [-0.25, -0.2) is 9.69 Å². The van der Waals surface area contributed by atoms with Crippen molar-refractivity contribution >= 4 is 51.3 Å². The zero-order valence-corrected chi connectivity index (χ0v) is 25.0. The molecular formula is C32H25ClN2O8S. The second-order valence-corrected chi connectivity index (χ2v) is 11.6. The third-order valence-corrected chi connectivity index (χ3v) is 8.03. The van der Waals surface area contributed by atoms with Crippen molar-refractivity contribution in [2.24, 2.45) is 0 Å². The van der Waals surface area contributed by atoms with Crippen molar-refractivity contribution in [2.45, 2.75) is 18.4 Å². The van der Waals surface area contributed by atoms with Crippen molar-refractivity contribution in [1.29, 1.82) is 0 Å². The smallest absolute Gasteiger partial charge is 0.339 e. The quantitative estimate of drug-likeness (QED) is 0.142. The number of ether oxygens (including phenoxy) is 2. The van der Waals surface area contributed by atoms with Crippen molar-refractivity contribution in [3.8, 4) is 17.2 Å². The lowest BCUT2D eigenvalue weighted by molar-refractivity contribution is -0.122. The minimum Gasteiger partial charge on any atom is -0.493 e. The molecule has 0 saturated carbocycles. The van der Waals surface area contributed by atoms with Gasteiger partial charge in [-0.15, -0.1) is 0 Å². The molecule has 4 aromatic rings. The Morgan fingerprint density at radius 1 is 0.909 bits per heavy atom. The number of aryl methyl sites for hydroxylation is 1. The van der Waals surface area contributed by atoms with Crippen LogP contribution in [0.4, 0.5) is 10.5 Å². The number of imide groups is 2. The fourth-order valence-corrected chi connectivity index (χ4v) is 5.52. The molecule has 12 heteroatoms. The van der Waals surface area contributed by atoms with Gasteiger partial charge in [0.1, 0.15) is 22.8 Å². The Morgan fingerprint density at radius 2 is 1.59 bits per heavy atom. The van der Waals surface area contributed by atoms with Crippen LogP contribution in [0.25, 0.3) is 6.08 Å². The number of amides is 4. The first kappa shape index (κ1) is 30.3. The van der Waals surface area contributed by atoms with E-state index in [1.54, 1.807) is 24.3 Å². The van der Waals surface area contributed by atoms with Crippen LogP contribution in [0.3, 0.4) is 0 Å². The number of nitrogens with one attached hydrogen (secondary N) is 1. The van der Waals surface area contributed by atoms with Crippen LogP contribution in [0.1, 0.15) is 16.7 Å². The number of halogens is 1. The van der Waals surface area contributed by atoms with Crippen LogP contribution >= 0.6 is 11.6 Å². The first-order chi connectivity index (χ1) is 21.1. The summed E-state index contributed by atoms with van der Waals surface area (Å²) in [6, 6.07) is 23.6. The molecule has 1 aliphatic rings. The summed E-state index contributed by atoms with van der Waals surface area (Å²) in [5, 5.41) is 2.00. The molecule has 1 aliphatic heterocycles. The lowest BCUT2D eigenvalue weighted by atomic mass is 10.1. The first-order valence-corrected chi connectivity index (χ1v) is 14.9. The lowest BCUT2D eigenvalue weighted by Crippen LogP contribution is -2.54. The molecule has 44 heavy (non-hydrogen) atoms. The van der Waals surface area contributed by atoms with Crippen LogP contribution in [0.5, 0.6) is 17.2 Å². The zero-order valence-electron chi connectivity index (χ0n) is 23.4. The maximum absolute atomic E-state index is 13.4. The normalized spacial score (nSPS) is 14.4. The standard InChI is InChI=1S/C32H25ClN2O8S/c1-20-8-14-25(15-9-20)44(39,40)43-29-27(33)17-22(18-28(29)41-2)16-26-30(36)34-32(38)35(31(26)37)23-10-12-24(13-11-23)42-19-21-6-4-3-5-7-21/h3-18H,19H2,1-2H3,(H,34,36,38)/b26-16+. The third-order valence-electron chi connectivity index (χ3n) is 6.51. The molecule has 224 valence electrons. The molecule has 4 aromatic carbocycles. The Labute approximate surface area is 258 Å². The van der Waals surface area contributed by atoms with E-state index in [1.807, 2.05) is 37.3 Å². The summed E-state index contributed by atoms with van der Waals surface area (Å²) in [6.07, 6.45) is 1.21. The third kappa shape index (κ3) is 6.59. The number of urea groups is 1. The molecule has 1 heterocycles. The van der Waals surface area contributed by atoms with E-state index in [0.29, 0.717) is 12.4 Å². The van der Waals surface area contributed by atoms with Gasteiger partial charge >= 0.3 is 16.1 Å². The second kappa shape index (κ2) is 12.6. The van der Waals surface area contributed by atoms with Crippen LogP contribution < -0.4 is 23.9 Å². The van der Waals surface area contributed by atoms with Crippen LogP contribution in [-0.2, 0) is 26.3 Å². The van der Waals surface area contributed by atoms with Gasteiger partial charge in [0.2, 0.25) is 5.75 Å². The highest BCUT2D eigenvalue weighted by molar-refractivity contribution is 7.87. The van der Waals surface area contributed by atoms with Gasteiger partial charge in [0, 0.05) is 0 Å². The van der Waals surface area contributed by atoms with E-state index in [1.165, 1.54) is 49.6 Å². The minimum atomic E-state index is -4.26. The van der Waals surface area contributed by atoms with Crippen LogP contribution in [0, 0.1) is 6.92 Å². The Hall–Kier alpha value is -5.13. The van der Waals surface area contributed by atoms with E-state index >= 15 is 0 Å². The number of hydrogen-bond acceptors (Lipinski definition) is 8. The average Bonchev–Trinajstić information content (AvgIpc) is 3.00. The number of hydrogen-bond donors (Lipinski definition) is 1. The number of nitrogens with zero attached hydrogens (tertiary/aromatic N) is 1. The molecule has 5 rings (SSSR count). The van der Waals surface area contributed by atoms with E-state index < -0.39 is 28.0 Å². The Bertz CT molecular complexity index is 1870. The van der Waals surface area contributed by atoms with E-state index in [-0.39, 0.29) is 38.2 Å². The highest BCUT2D eigenvalue weighted by Crippen LogP contribution is 2.39. The van der Waals surface area contributed by atoms with Gasteiger partial charge in [0.25, 0.3) is 11.8 Å².